The molecule has 2 N–H and O–H groups in total. The van der Waals surface area contributed by atoms with Gasteiger partial charge in [-0.3, -0.25) is 0 Å². The van der Waals surface area contributed by atoms with Crippen LogP contribution in [0.3, 0.4) is 0 Å². The third-order valence-corrected chi connectivity index (χ3v) is 6.29. The van der Waals surface area contributed by atoms with E-state index in [0.29, 0.717) is 23.8 Å². The molecular formula is C23H23ClN4O2. The first kappa shape index (κ1) is 18.9. The maximum absolute atomic E-state index is 12.8. The van der Waals surface area contributed by atoms with Gasteiger partial charge >= 0.3 is 6.03 Å². The highest BCUT2D eigenvalue weighted by atomic mass is 35.5. The van der Waals surface area contributed by atoms with Gasteiger partial charge in [-0.2, -0.15) is 0 Å². The van der Waals surface area contributed by atoms with Gasteiger partial charge in [0.1, 0.15) is 5.75 Å². The molecule has 0 atom stereocenters. The standard InChI is InChI=1S/C23H23ClN4O2/c1-30-18-7-8-20-19(15-18)26-23(21-6-3-11-28(20)21)9-12-27(13-10-23)22(29)25-17-5-2-4-16(24)14-17/h2-8,11,14-15,26H,9-10,12-13H2,1H3,(H,25,29). The number of methoxy groups -OCH3 is 1. The van der Waals surface area contributed by atoms with Gasteiger partial charge in [-0.25, -0.2) is 4.79 Å². The predicted molar refractivity (Wildman–Crippen MR) is 119 cm³/mol. The Labute approximate surface area is 180 Å². The molecule has 2 amide bonds. The van der Waals surface area contributed by atoms with E-state index in [4.69, 9.17) is 16.3 Å². The molecule has 3 aromatic rings. The average molecular weight is 423 g/mol. The second-order valence-corrected chi connectivity index (χ2v) is 8.22. The molecule has 5 rings (SSSR count). The molecule has 0 aliphatic carbocycles. The summed E-state index contributed by atoms with van der Waals surface area (Å²) in [5.74, 6) is 0.824. The van der Waals surface area contributed by atoms with Gasteiger partial charge in [0, 0.05) is 41.8 Å². The van der Waals surface area contributed by atoms with Gasteiger partial charge in [0.25, 0.3) is 0 Å². The number of hydrogen-bond donors (Lipinski definition) is 2. The number of carbonyl (C=O) groups is 1. The predicted octanol–water partition coefficient (Wildman–Crippen LogP) is 5.09. The van der Waals surface area contributed by atoms with Crippen LogP contribution < -0.4 is 15.4 Å². The van der Waals surface area contributed by atoms with Crippen molar-refractivity contribution in [1.29, 1.82) is 0 Å². The first-order valence-corrected chi connectivity index (χ1v) is 10.4. The van der Waals surface area contributed by atoms with Crippen LogP contribution in [-0.2, 0) is 5.54 Å². The number of urea groups is 1. The number of likely N-dealkylation sites (tertiary alicyclic amines) is 1. The van der Waals surface area contributed by atoms with Crippen molar-refractivity contribution in [3.05, 3.63) is 71.5 Å². The maximum atomic E-state index is 12.8. The Hall–Kier alpha value is -3.12. The summed E-state index contributed by atoms with van der Waals surface area (Å²) in [5.41, 5.74) is 3.89. The Kier molecular flexibility index (Phi) is 4.59. The lowest BCUT2D eigenvalue weighted by molar-refractivity contribution is 0.174. The number of amides is 2. The summed E-state index contributed by atoms with van der Waals surface area (Å²) in [7, 11) is 1.68. The second kappa shape index (κ2) is 7.29. The summed E-state index contributed by atoms with van der Waals surface area (Å²) < 4.78 is 7.66. The molecule has 0 unspecified atom stereocenters. The van der Waals surface area contributed by atoms with E-state index in [9.17, 15) is 4.79 Å². The minimum absolute atomic E-state index is 0.0969. The van der Waals surface area contributed by atoms with Crippen LogP contribution in [0.5, 0.6) is 5.75 Å². The van der Waals surface area contributed by atoms with Crippen molar-refractivity contribution in [2.24, 2.45) is 0 Å². The van der Waals surface area contributed by atoms with Gasteiger partial charge in [0.2, 0.25) is 0 Å². The number of ether oxygens (including phenoxy) is 1. The van der Waals surface area contributed by atoms with Gasteiger partial charge in [0.05, 0.1) is 24.0 Å². The Bertz CT molecular complexity index is 1100. The van der Waals surface area contributed by atoms with Crippen molar-refractivity contribution in [2.45, 2.75) is 18.4 Å². The highest BCUT2D eigenvalue weighted by Gasteiger charge is 2.42. The van der Waals surface area contributed by atoms with Crippen molar-refractivity contribution < 1.29 is 9.53 Å². The summed E-state index contributed by atoms with van der Waals surface area (Å²) in [6.45, 7) is 1.31. The molecule has 1 spiro atoms. The van der Waals surface area contributed by atoms with Crippen LogP contribution in [-0.4, -0.2) is 35.7 Å². The van der Waals surface area contributed by atoms with E-state index in [1.54, 1.807) is 19.2 Å². The van der Waals surface area contributed by atoms with Crippen molar-refractivity contribution in [2.75, 3.05) is 30.8 Å². The van der Waals surface area contributed by atoms with Crippen molar-refractivity contribution in [1.82, 2.24) is 9.47 Å². The topological polar surface area (TPSA) is 58.5 Å². The zero-order valence-corrected chi connectivity index (χ0v) is 17.4. The fourth-order valence-electron chi connectivity index (χ4n) is 4.50. The third kappa shape index (κ3) is 3.17. The lowest BCUT2D eigenvalue weighted by Crippen LogP contribution is -2.51. The number of aromatic nitrogens is 1. The molecule has 3 heterocycles. The number of halogens is 1. The van der Waals surface area contributed by atoms with Crippen molar-refractivity contribution >= 4 is 29.0 Å². The molecule has 6 nitrogen and oxygen atoms in total. The van der Waals surface area contributed by atoms with Crippen molar-refractivity contribution in [3.63, 3.8) is 0 Å². The SMILES string of the molecule is COc1ccc2c(c1)NC1(CCN(C(=O)Nc3cccc(Cl)c3)CC1)c1cccn1-2. The maximum Gasteiger partial charge on any atom is 0.321 e. The quantitative estimate of drug-likeness (QED) is 0.604. The van der Waals surface area contributed by atoms with Gasteiger partial charge in [-0.05, 0) is 55.3 Å². The normalized spacial score (nSPS) is 16.4. The molecule has 0 bridgehead atoms. The van der Waals surface area contributed by atoms with Crippen LogP contribution >= 0.6 is 11.6 Å². The summed E-state index contributed by atoms with van der Waals surface area (Å²) in [6, 6.07) is 17.5. The lowest BCUT2D eigenvalue weighted by atomic mass is 9.82. The van der Waals surface area contributed by atoms with Crippen LogP contribution in [0.15, 0.2) is 60.8 Å². The molecule has 1 fully saturated rings. The largest absolute Gasteiger partial charge is 0.497 e. The van der Waals surface area contributed by atoms with E-state index in [0.717, 1.165) is 30.0 Å². The molecular weight excluding hydrogens is 400 g/mol. The summed E-state index contributed by atoms with van der Waals surface area (Å²) in [4.78, 5) is 14.6. The molecule has 0 radical (unpaired) electrons. The molecule has 0 saturated carbocycles. The average Bonchev–Trinajstić information content (AvgIpc) is 3.25. The molecule has 1 saturated heterocycles. The number of rotatable bonds is 2. The van der Waals surface area contributed by atoms with Gasteiger partial charge in [0.15, 0.2) is 0 Å². The number of piperidine rings is 1. The summed E-state index contributed by atoms with van der Waals surface area (Å²) >= 11 is 6.03. The van der Waals surface area contributed by atoms with Crippen LogP contribution in [0.2, 0.25) is 5.02 Å². The first-order valence-electron chi connectivity index (χ1n) is 10.0. The van der Waals surface area contributed by atoms with E-state index < -0.39 is 0 Å². The number of fused-ring (bicyclic) bond motifs is 4. The zero-order valence-electron chi connectivity index (χ0n) is 16.7. The van der Waals surface area contributed by atoms with Crippen LogP contribution in [0.25, 0.3) is 5.69 Å². The Morgan fingerprint density at radius 1 is 1.13 bits per heavy atom. The molecule has 2 aliphatic heterocycles. The summed E-state index contributed by atoms with van der Waals surface area (Å²) in [5, 5.41) is 7.32. The highest BCUT2D eigenvalue weighted by Crippen LogP contribution is 2.44. The van der Waals surface area contributed by atoms with E-state index in [-0.39, 0.29) is 11.6 Å². The molecule has 154 valence electrons. The van der Waals surface area contributed by atoms with Crippen LogP contribution in [0.1, 0.15) is 18.5 Å². The zero-order chi connectivity index (χ0) is 20.7. The fourth-order valence-corrected chi connectivity index (χ4v) is 4.69. The Balaban J connectivity index is 1.36. The minimum Gasteiger partial charge on any atom is -0.497 e. The van der Waals surface area contributed by atoms with E-state index in [2.05, 4.69) is 39.6 Å². The number of hydrogen-bond acceptors (Lipinski definition) is 3. The first-order chi connectivity index (χ1) is 14.6. The molecule has 7 heteroatoms. The van der Waals surface area contributed by atoms with E-state index in [1.807, 2.05) is 29.2 Å². The molecule has 30 heavy (non-hydrogen) atoms. The smallest absolute Gasteiger partial charge is 0.321 e. The van der Waals surface area contributed by atoms with Gasteiger partial charge in [-0.15, -0.1) is 0 Å². The monoisotopic (exact) mass is 422 g/mol. The van der Waals surface area contributed by atoms with Gasteiger partial charge < -0.3 is 24.8 Å². The Morgan fingerprint density at radius 2 is 1.97 bits per heavy atom. The van der Waals surface area contributed by atoms with E-state index in [1.165, 1.54) is 5.69 Å². The molecule has 2 aromatic carbocycles. The van der Waals surface area contributed by atoms with Crippen LogP contribution in [0, 0.1) is 0 Å². The number of nitrogens with one attached hydrogen (secondary N) is 2. The third-order valence-electron chi connectivity index (χ3n) is 6.06. The highest BCUT2D eigenvalue weighted by molar-refractivity contribution is 6.30. The number of anilines is 2. The molecule has 2 aliphatic rings. The van der Waals surface area contributed by atoms with Crippen LogP contribution in [0.4, 0.5) is 16.2 Å². The Morgan fingerprint density at radius 3 is 2.73 bits per heavy atom. The minimum atomic E-state index is -0.213. The van der Waals surface area contributed by atoms with Gasteiger partial charge in [-0.1, -0.05) is 17.7 Å². The van der Waals surface area contributed by atoms with E-state index >= 15 is 0 Å². The molecule has 1 aromatic heterocycles. The van der Waals surface area contributed by atoms with Crippen molar-refractivity contribution in [3.8, 4) is 11.4 Å². The second-order valence-electron chi connectivity index (χ2n) is 7.78. The number of benzene rings is 2. The number of carbonyl (C=O) groups excluding carboxylic acids is 1. The number of nitrogens with zero attached hydrogens (tertiary/aromatic N) is 2. The lowest BCUT2D eigenvalue weighted by Gasteiger charge is -2.46. The summed E-state index contributed by atoms with van der Waals surface area (Å²) in [6.07, 6.45) is 3.73. The fraction of sp³-hybridized carbons (Fsp3) is 0.261.